The Morgan fingerprint density at radius 3 is 2.05 bits per heavy atom. The molecule has 3 N–H and O–H groups in total. The molecule has 0 spiro atoms. The first-order valence-corrected chi connectivity index (χ1v) is 6.39. The van der Waals surface area contributed by atoms with E-state index in [2.05, 4.69) is 5.32 Å². The number of methoxy groups -OCH3 is 3. The average Bonchev–Trinajstić information content (AvgIpc) is 2.50. The van der Waals surface area contributed by atoms with E-state index in [1.165, 1.54) is 0 Å². The minimum Gasteiger partial charge on any atom is -0.493 e. The summed E-state index contributed by atoms with van der Waals surface area (Å²) in [6, 6.07) is 3.67. The first-order chi connectivity index (χ1) is 9.57. The van der Waals surface area contributed by atoms with Crippen LogP contribution in [0.5, 0.6) is 17.2 Å². The molecule has 0 bridgehead atoms. The Morgan fingerprint density at radius 2 is 1.65 bits per heavy atom. The van der Waals surface area contributed by atoms with Crippen LogP contribution in [0.3, 0.4) is 0 Å². The normalized spacial score (nSPS) is 13.7. The van der Waals surface area contributed by atoms with Crippen molar-refractivity contribution in [3.05, 3.63) is 17.7 Å². The van der Waals surface area contributed by atoms with Crippen LogP contribution in [-0.4, -0.2) is 50.8 Å². The van der Waals surface area contributed by atoms with Gasteiger partial charge in [0, 0.05) is 12.6 Å². The molecule has 114 valence electrons. The lowest BCUT2D eigenvalue weighted by atomic mass is 10.1. The molecule has 0 aliphatic heterocycles. The fourth-order valence-corrected chi connectivity index (χ4v) is 1.85. The summed E-state index contributed by atoms with van der Waals surface area (Å²) in [6.45, 7) is 1.98. The molecule has 0 amide bonds. The van der Waals surface area contributed by atoms with Crippen LogP contribution in [0, 0.1) is 0 Å². The van der Waals surface area contributed by atoms with Crippen LogP contribution in [0.15, 0.2) is 12.1 Å². The SMILES string of the molecule is COc1cc(C(C)NCC(O)CO)cc(OC)c1OC. The van der Waals surface area contributed by atoms with Crippen molar-refractivity contribution in [1.29, 1.82) is 0 Å². The van der Waals surface area contributed by atoms with Crippen molar-refractivity contribution in [1.82, 2.24) is 5.32 Å². The van der Waals surface area contributed by atoms with Crippen molar-refractivity contribution in [2.24, 2.45) is 0 Å². The Hall–Kier alpha value is -1.50. The predicted octanol–water partition coefficient (Wildman–Crippen LogP) is 0.716. The van der Waals surface area contributed by atoms with Crippen molar-refractivity contribution in [2.45, 2.75) is 19.1 Å². The van der Waals surface area contributed by atoms with Gasteiger partial charge in [-0.3, -0.25) is 0 Å². The van der Waals surface area contributed by atoms with Gasteiger partial charge < -0.3 is 29.7 Å². The molecule has 2 unspecified atom stereocenters. The monoisotopic (exact) mass is 285 g/mol. The van der Waals surface area contributed by atoms with Crippen LogP contribution >= 0.6 is 0 Å². The van der Waals surface area contributed by atoms with Crippen molar-refractivity contribution in [3.63, 3.8) is 0 Å². The molecule has 0 fully saturated rings. The van der Waals surface area contributed by atoms with Gasteiger partial charge in [0.15, 0.2) is 11.5 Å². The third kappa shape index (κ3) is 4.00. The van der Waals surface area contributed by atoms with Gasteiger partial charge in [0.2, 0.25) is 5.75 Å². The highest BCUT2D eigenvalue weighted by atomic mass is 16.5. The molecule has 0 aliphatic rings. The van der Waals surface area contributed by atoms with E-state index in [1.807, 2.05) is 19.1 Å². The summed E-state index contributed by atoms with van der Waals surface area (Å²) >= 11 is 0. The number of aliphatic hydroxyl groups is 2. The zero-order valence-electron chi connectivity index (χ0n) is 12.3. The fourth-order valence-electron chi connectivity index (χ4n) is 1.85. The lowest BCUT2D eigenvalue weighted by Gasteiger charge is -2.19. The van der Waals surface area contributed by atoms with Crippen molar-refractivity contribution >= 4 is 0 Å². The van der Waals surface area contributed by atoms with E-state index in [0.717, 1.165) is 5.56 Å². The van der Waals surface area contributed by atoms with Gasteiger partial charge in [-0.2, -0.15) is 0 Å². The number of hydrogen-bond acceptors (Lipinski definition) is 6. The number of ether oxygens (including phenoxy) is 3. The van der Waals surface area contributed by atoms with Crippen LogP contribution in [0.2, 0.25) is 0 Å². The highest BCUT2D eigenvalue weighted by molar-refractivity contribution is 5.54. The molecule has 0 saturated carbocycles. The first kappa shape index (κ1) is 16.6. The number of rotatable bonds is 8. The van der Waals surface area contributed by atoms with E-state index >= 15 is 0 Å². The molecule has 6 heteroatoms. The van der Waals surface area contributed by atoms with Gasteiger partial charge in [0.05, 0.1) is 34.0 Å². The minimum atomic E-state index is -0.778. The summed E-state index contributed by atoms with van der Waals surface area (Å²) in [5.41, 5.74) is 0.935. The molecule has 6 nitrogen and oxygen atoms in total. The van der Waals surface area contributed by atoms with E-state index in [0.29, 0.717) is 23.8 Å². The van der Waals surface area contributed by atoms with Crippen LogP contribution < -0.4 is 19.5 Å². The molecule has 0 radical (unpaired) electrons. The lowest BCUT2D eigenvalue weighted by Crippen LogP contribution is -2.31. The average molecular weight is 285 g/mol. The smallest absolute Gasteiger partial charge is 0.203 e. The molecule has 1 rings (SSSR count). The summed E-state index contributed by atoms with van der Waals surface area (Å²) < 4.78 is 15.9. The van der Waals surface area contributed by atoms with E-state index in [4.69, 9.17) is 19.3 Å². The first-order valence-electron chi connectivity index (χ1n) is 6.39. The Labute approximate surface area is 119 Å². The summed E-state index contributed by atoms with van der Waals surface area (Å²) in [4.78, 5) is 0. The Kier molecular flexibility index (Phi) is 6.57. The summed E-state index contributed by atoms with van der Waals surface area (Å²) in [5.74, 6) is 1.71. The summed E-state index contributed by atoms with van der Waals surface area (Å²) in [7, 11) is 4.68. The largest absolute Gasteiger partial charge is 0.493 e. The number of benzene rings is 1. The van der Waals surface area contributed by atoms with E-state index in [1.54, 1.807) is 21.3 Å². The van der Waals surface area contributed by atoms with Crippen molar-refractivity contribution < 1.29 is 24.4 Å². The second kappa shape index (κ2) is 7.94. The zero-order valence-corrected chi connectivity index (χ0v) is 12.3. The van der Waals surface area contributed by atoms with Crippen LogP contribution in [0.4, 0.5) is 0 Å². The molecular formula is C14H23NO5. The second-order valence-electron chi connectivity index (χ2n) is 4.43. The molecule has 20 heavy (non-hydrogen) atoms. The highest BCUT2D eigenvalue weighted by Crippen LogP contribution is 2.39. The van der Waals surface area contributed by atoms with E-state index in [-0.39, 0.29) is 12.6 Å². The molecule has 0 saturated heterocycles. The molecule has 1 aromatic carbocycles. The fraction of sp³-hybridized carbons (Fsp3) is 0.571. The van der Waals surface area contributed by atoms with Crippen molar-refractivity contribution in [3.8, 4) is 17.2 Å². The van der Waals surface area contributed by atoms with Gasteiger partial charge in [0.1, 0.15) is 0 Å². The molecular weight excluding hydrogens is 262 g/mol. The number of hydrogen-bond donors (Lipinski definition) is 3. The lowest BCUT2D eigenvalue weighted by molar-refractivity contribution is 0.0923. The van der Waals surface area contributed by atoms with Crippen LogP contribution in [0.1, 0.15) is 18.5 Å². The standard InChI is InChI=1S/C14H23NO5/c1-9(15-7-11(17)8-16)10-5-12(18-2)14(20-4)13(6-10)19-3/h5-6,9,11,15-17H,7-8H2,1-4H3. The summed E-state index contributed by atoms with van der Waals surface area (Å²) in [6.07, 6.45) is -0.778. The van der Waals surface area contributed by atoms with Gasteiger partial charge in [-0.25, -0.2) is 0 Å². The highest BCUT2D eigenvalue weighted by Gasteiger charge is 2.16. The molecule has 0 heterocycles. The van der Waals surface area contributed by atoms with Crippen LogP contribution in [0.25, 0.3) is 0 Å². The topological polar surface area (TPSA) is 80.2 Å². The maximum atomic E-state index is 9.36. The Morgan fingerprint density at radius 1 is 1.10 bits per heavy atom. The van der Waals surface area contributed by atoms with Gasteiger partial charge in [-0.1, -0.05) is 0 Å². The predicted molar refractivity (Wildman–Crippen MR) is 75.6 cm³/mol. The summed E-state index contributed by atoms with van der Waals surface area (Å²) in [5, 5.41) is 21.3. The second-order valence-corrected chi connectivity index (χ2v) is 4.43. The molecule has 0 aromatic heterocycles. The van der Waals surface area contributed by atoms with Gasteiger partial charge in [0.25, 0.3) is 0 Å². The van der Waals surface area contributed by atoms with E-state index < -0.39 is 6.10 Å². The zero-order chi connectivity index (χ0) is 15.1. The van der Waals surface area contributed by atoms with Crippen LogP contribution in [-0.2, 0) is 0 Å². The molecule has 0 aliphatic carbocycles. The Bertz CT molecular complexity index is 399. The molecule has 2 atom stereocenters. The third-order valence-corrected chi connectivity index (χ3v) is 3.06. The third-order valence-electron chi connectivity index (χ3n) is 3.06. The van der Waals surface area contributed by atoms with E-state index in [9.17, 15) is 5.11 Å². The van der Waals surface area contributed by atoms with Gasteiger partial charge in [-0.05, 0) is 24.6 Å². The molecule has 1 aromatic rings. The number of nitrogens with one attached hydrogen (secondary N) is 1. The quantitative estimate of drug-likeness (QED) is 0.653. The van der Waals surface area contributed by atoms with Gasteiger partial charge >= 0.3 is 0 Å². The number of aliphatic hydroxyl groups excluding tert-OH is 2. The Balaban J connectivity index is 2.94. The maximum absolute atomic E-state index is 9.36. The maximum Gasteiger partial charge on any atom is 0.203 e. The van der Waals surface area contributed by atoms with Gasteiger partial charge in [-0.15, -0.1) is 0 Å². The minimum absolute atomic E-state index is 0.0371. The van der Waals surface area contributed by atoms with Crippen molar-refractivity contribution in [2.75, 3.05) is 34.5 Å².